The van der Waals surface area contributed by atoms with Crippen molar-refractivity contribution in [3.63, 3.8) is 0 Å². The normalized spacial score (nSPS) is 12.4. The average Bonchev–Trinajstić information content (AvgIpc) is 2.29. The Morgan fingerprint density at radius 3 is 2.56 bits per heavy atom. The van der Waals surface area contributed by atoms with Gasteiger partial charge in [-0.15, -0.1) is 0 Å². The minimum atomic E-state index is 0.0196. The number of benzene rings is 1. The maximum atomic E-state index is 5.80. The summed E-state index contributed by atoms with van der Waals surface area (Å²) in [6.45, 7) is 4.32. The average molecular weight is 244 g/mol. The van der Waals surface area contributed by atoms with E-state index in [0.717, 1.165) is 18.8 Å². The lowest BCUT2D eigenvalue weighted by atomic mass is 10.3. The fourth-order valence-corrected chi connectivity index (χ4v) is 1.46. The lowest BCUT2D eigenvalue weighted by Crippen LogP contribution is -2.34. The molecule has 4 heteroatoms. The van der Waals surface area contributed by atoms with Gasteiger partial charge in [-0.2, -0.15) is 0 Å². The van der Waals surface area contributed by atoms with Gasteiger partial charge in [0.25, 0.3) is 0 Å². The van der Waals surface area contributed by atoms with Crippen LogP contribution in [-0.2, 0) is 4.74 Å². The zero-order chi connectivity index (χ0) is 11.8. The van der Waals surface area contributed by atoms with Gasteiger partial charge in [0.1, 0.15) is 11.9 Å². The van der Waals surface area contributed by atoms with E-state index in [4.69, 9.17) is 21.1 Å². The largest absolute Gasteiger partial charge is 0.487 e. The van der Waals surface area contributed by atoms with Crippen molar-refractivity contribution in [2.45, 2.75) is 13.0 Å². The first-order valence-electron chi connectivity index (χ1n) is 5.38. The summed E-state index contributed by atoms with van der Waals surface area (Å²) >= 11 is 5.80. The maximum absolute atomic E-state index is 5.80. The van der Waals surface area contributed by atoms with Crippen molar-refractivity contribution in [2.24, 2.45) is 0 Å². The molecular formula is C12H18ClNO2. The Bertz CT molecular complexity index is 290. The molecule has 0 aromatic heterocycles. The highest BCUT2D eigenvalue weighted by Crippen LogP contribution is 2.16. The second-order valence-corrected chi connectivity index (χ2v) is 3.89. The van der Waals surface area contributed by atoms with E-state index in [-0.39, 0.29) is 6.10 Å². The number of methoxy groups -OCH3 is 1. The number of nitrogens with one attached hydrogen (secondary N) is 1. The van der Waals surface area contributed by atoms with E-state index < -0.39 is 0 Å². The van der Waals surface area contributed by atoms with Crippen molar-refractivity contribution < 1.29 is 9.47 Å². The third kappa shape index (κ3) is 4.84. The molecule has 0 aliphatic heterocycles. The first kappa shape index (κ1) is 13.3. The van der Waals surface area contributed by atoms with Gasteiger partial charge < -0.3 is 14.8 Å². The molecule has 0 saturated carbocycles. The topological polar surface area (TPSA) is 30.5 Å². The van der Waals surface area contributed by atoms with Gasteiger partial charge in [0.15, 0.2) is 0 Å². The van der Waals surface area contributed by atoms with Crippen molar-refractivity contribution in [3.05, 3.63) is 29.3 Å². The Hall–Kier alpha value is -0.770. The second kappa shape index (κ2) is 7.49. The van der Waals surface area contributed by atoms with Gasteiger partial charge in [0, 0.05) is 18.7 Å². The summed E-state index contributed by atoms with van der Waals surface area (Å²) in [5.74, 6) is 0.810. The van der Waals surface area contributed by atoms with Gasteiger partial charge in [0.05, 0.1) is 6.61 Å². The summed E-state index contributed by atoms with van der Waals surface area (Å²) < 4.78 is 10.9. The van der Waals surface area contributed by atoms with Crippen LogP contribution in [0.4, 0.5) is 0 Å². The van der Waals surface area contributed by atoms with E-state index in [9.17, 15) is 0 Å². The molecule has 1 rings (SSSR count). The van der Waals surface area contributed by atoms with Crippen LogP contribution in [0.1, 0.15) is 6.92 Å². The zero-order valence-electron chi connectivity index (χ0n) is 9.70. The molecule has 0 bridgehead atoms. The van der Waals surface area contributed by atoms with Gasteiger partial charge in [-0.25, -0.2) is 0 Å². The van der Waals surface area contributed by atoms with Crippen LogP contribution in [0.5, 0.6) is 5.75 Å². The van der Waals surface area contributed by atoms with Gasteiger partial charge in [0.2, 0.25) is 0 Å². The molecule has 0 heterocycles. The molecule has 0 aliphatic carbocycles. The molecule has 0 saturated heterocycles. The second-order valence-electron chi connectivity index (χ2n) is 3.46. The molecule has 16 heavy (non-hydrogen) atoms. The van der Waals surface area contributed by atoms with Crippen molar-refractivity contribution in [3.8, 4) is 5.75 Å². The number of halogens is 1. The van der Waals surface area contributed by atoms with E-state index in [1.165, 1.54) is 0 Å². The molecule has 1 unspecified atom stereocenters. The molecule has 0 spiro atoms. The third-order valence-electron chi connectivity index (χ3n) is 2.09. The van der Waals surface area contributed by atoms with Crippen LogP contribution in [0.15, 0.2) is 24.3 Å². The molecule has 1 aromatic rings. The lowest BCUT2D eigenvalue weighted by Gasteiger charge is -2.18. The van der Waals surface area contributed by atoms with Gasteiger partial charge >= 0.3 is 0 Å². The first-order valence-corrected chi connectivity index (χ1v) is 5.76. The van der Waals surface area contributed by atoms with Crippen molar-refractivity contribution in [1.29, 1.82) is 0 Å². The summed E-state index contributed by atoms with van der Waals surface area (Å²) in [6, 6.07) is 7.34. The van der Waals surface area contributed by atoms with Gasteiger partial charge in [-0.3, -0.25) is 0 Å². The standard InChI is InChI=1S/C12H18ClNO2/c1-3-14-8-12(9-15-2)16-11-6-4-10(13)5-7-11/h4-7,12,14H,3,8-9H2,1-2H3. The van der Waals surface area contributed by atoms with Gasteiger partial charge in [-0.05, 0) is 30.8 Å². The Morgan fingerprint density at radius 2 is 2.00 bits per heavy atom. The van der Waals surface area contributed by atoms with E-state index >= 15 is 0 Å². The third-order valence-corrected chi connectivity index (χ3v) is 2.34. The van der Waals surface area contributed by atoms with Crippen LogP contribution in [0, 0.1) is 0 Å². The Kier molecular flexibility index (Phi) is 6.23. The molecule has 1 N–H and O–H groups in total. The van der Waals surface area contributed by atoms with Crippen molar-refractivity contribution >= 4 is 11.6 Å². The van der Waals surface area contributed by atoms with Crippen LogP contribution >= 0.6 is 11.6 Å². The molecule has 0 radical (unpaired) electrons. The molecule has 90 valence electrons. The molecule has 1 atom stereocenters. The zero-order valence-corrected chi connectivity index (χ0v) is 10.5. The summed E-state index contributed by atoms with van der Waals surface area (Å²) in [5, 5.41) is 3.94. The number of hydrogen-bond donors (Lipinski definition) is 1. The minimum absolute atomic E-state index is 0.0196. The summed E-state index contributed by atoms with van der Waals surface area (Å²) in [5.41, 5.74) is 0. The SMILES string of the molecule is CCNCC(COC)Oc1ccc(Cl)cc1. The summed E-state index contributed by atoms with van der Waals surface area (Å²) in [4.78, 5) is 0. The van der Waals surface area contributed by atoms with Gasteiger partial charge in [-0.1, -0.05) is 18.5 Å². The number of ether oxygens (including phenoxy) is 2. The molecule has 3 nitrogen and oxygen atoms in total. The number of likely N-dealkylation sites (N-methyl/N-ethyl adjacent to an activating group) is 1. The Labute approximate surface area is 102 Å². The van der Waals surface area contributed by atoms with E-state index in [1.807, 2.05) is 24.3 Å². The van der Waals surface area contributed by atoms with Crippen LogP contribution in [-0.4, -0.2) is 32.9 Å². The van der Waals surface area contributed by atoms with Crippen LogP contribution < -0.4 is 10.1 Å². The van der Waals surface area contributed by atoms with E-state index in [1.54, 1.807) is 7.11 Å². The predicted molar refractivity (Wildman–Crippen MR) is 66.3 cm³/mol. The van der Waals surface area contributed by atoms with E-state index in [2.05, 4.69) is 12.2 Å². The van der Waals surface area contributed by atoms with Crippen LogP contribution in [0.25, 0.3) is 0 Å². The van der Waals surface area contributed by atoms with E-state index in [0.29, 0.717) is 11.6 Å². The molecule has 1 aromatic carbocycles. The fraction of sp³-hybridized carbons (Fsp3) is 0.500. The monoisotopic (exact) mass is 243 g/mol. The van der Waals surface area contributed by atoms with Crippen LogP contribution in [0.3, 0.4) is 0 Å². The molecule has 0 fully saturated rings. The summed E-state index contributed by atoms with van der Waals surface area (Å²) in [7, 11) is 1.67. The Morgan fingerprint density at radius 1 is 1.31 bits per heavy atom. The lowest BCUT2D eigenvalue weighted by molar-refractivity contribution is 0.0810. The first-order chi connectivity index (χ1) is 7.76. The number of hydrogen-bond acceptors (Lipinski definition) is 3. The highest BCUT2D eigenvalue weighted by atomic mass is 35.5. The smallest absolute Gasteiger partial charge is 0.134 e. The van der Waals surface area contributed by atoms with Crippen molar-refractivity contribution in [2.75, 3.05) is 26.8 Å². The molecule has 0 amide bonds. The van der Waals surface area contributed by atoms with Crippen LogP contribution in [0.2, 0.25) is 5.02 Å². The Balaban J connectivity index is 2.49. The quantitative estimate of drug-likeness (QED) is 0.798. The fourth-order valence-electron chi connectivity index (χ4n) is 1.33. The summed E-state index contributed by atoms with van der Waals surface area (Å²) in [6.07, 6.45) is 0.0196. The predicted octanol–water partition coefficient (Wildman–Crippen LogP) is 2.34. The molecular weight excluding hydrogens is 226 g/mol. The highest BCUT2D eigenvalue weighted by Gasteiger charge is 2.09. The number of rotatable bonds is 7. The minimum Gasteiger partial charge on any atom is -0.487 e. The maximum Gasteiger partial charge on any atom is 0.134 e. The molecule has 0 aliphatic rings. The van der Waals surface area contributed by atoms with Crippen molar-refractivity contribution in [1.82, 2.24) is 5.32 Å². The highest BCUT2D eigenvalue weighted by molar-refractivity contribution is 6.30.